The third kappa shape index (κ3) is 1.59. The molecule has 15 heavy (non-hydrogen) atoms. The van der Waals surface area contributed by atoms with Crippen LogP contribution in [0.2, 0.25) is 0 Å². The summed E-state index contributed by atoms with van der Waals surface area (Å²) in [6.45, 7) is 0.812. The van der Waals surface area contributed by atoms with Gasteiger partial charge in [-0.2, -0.15) is 0 Å². The molecule has 5 nitrogen and oxygen atoms in total. The molecule has 2 aromatic heterocycles. The molecule has 0 spiro atoms. The van der Waals surface area contributed by atoms with Gasteiger partial charge in [0, 0.05) is 6.61 Å². The Balaban J connectivity index is 1.95. The maximum absolute atomic E-state index is 5.63. The highest BCUT2D eigenvalue weighted by molar-refractivity contribution is 5.68. The molecular weight excluding hydrogens is 192 g/mol. The van der Waals surface area contributed by atoms with Crippen molar-refractivity contribution in [1.82, 2.24) is 19.9 Å². The molecule has 0 amide bonds. The first kappa shape index (κ1) is 8.79. The second-order valence-electron chi connectivity index (χ2n) is 3.72. The van der Waals surface area contributed by atoms with E-state index in [1.54, 1.807) is 12.5 Å². The van der Waals surface area contributed by atoms with Gasteiger partial charge in [0.2, 0.25) is 0 Å². The zero-order valence-electron chi connectivity index (χ0n) is 8.31. The fourth-order valence-corrected chi connectivity index (χ4v) is 1.85. The summed E-state index contributed by atoms with van der Waals surface area (Å²) in [6, 6.07) is 0. The molecule has 0 radical (unpaired) electrons. The first-order chi connectivity index (χ1) is 7.43. The van der Waals surface area contributed by atoms with Gasteiger partial charge < -0.3 is 9.72 Å². The van der Waals surface area contributed by atoms with Gasteiger partial charge in [0.05, 0.1) is 12.5 Å². The van der Waals surface area contributed by atoms with Crippen LogP contribution in [0.3, 0.4) is 0 Å². The van der Waals surface area contributed by atoms with Crippen molar-refractivity contribution < 1.29 is 4.74 Å². The van der Waals surface area contributed by atoms with Crippen molar-refractivity contribution in [2.75, 3.05) is 6.61 Å². The standard InChI is InChI=1S/C10H12N4O/c1-2-4-15-8(3-1)10-11-5-7-9(14-10)13-6-12-7/h5-6,8H,1-4H2,(H,11,12,13,14). The first-order valence-corrected chi connectivity index (χ1v) is 5.21. The lowest BCUT2D eigenvalue weighted by atomic mass is 10.1. The number of hydrogen-bond donors (Lipinski definition) is 1. The van der Waals surface area contributed by atoms with E-state index in [-0.39, 0.29) is 6.10 Å². The van der Waals surface area contributed by atoms with Crippen LogP contribution in [0.15, 0.2) is 12.5 Å². The molecule has 0 bridgehead atoms. The molecule has 5 heteroatoms. The van der Waals surface area contributed by atoms with Gasteiger partial charge in [-0.25, -0.2) is 15.0 Å². The van der Waals surface area contributed by atoms with Crippen LogP contribution in [0, 0.1) is 0 Å². The summed E-state index contributed by atoms with van der Waals surface area (Å²) in [6.07, 6.45) is 6.79. The van der Waals surface area contributed by atoms with Gasteiger partial charge >= 0.3 is 0 Å². The molecule has 1 unspecified atom stereocenters. The van der Waals surface area contributed by atoms with Gasteiger partial charge in [0.15, 0.2) is 11.5 Å². The smallest absolute Gasteiger partial charge is 0.180 e. The molecule has 2 aromatic rings. The number of ether oxygens (including phenoxy) is 1. The normalized spacial score (nSPS) is 22.0. The molecule has 0 aliphatic carbocycles. The van der Waals surface area contributed by atoms with Crippen LogP contribution >= 0.6 is 0 Å². The van der Waals surface area contributed by atoms with Crippen LogP contribution in [0.5, 0.6) is 0 Å². The van der Waals surface area contributed by atoms with E-state index in [4.69, 9.17) is 4.74 Å². The van der Waals surface area contributed by atoms with E-state index in [1.807, 2.05) is 0 Å². The van der Waals surface area contributed by atoms with Gasteiger partial charge in [-0.05, 0) is 19.3 Å². The van der Waals surface area contributed by atoms with Crippen molar-refractivity contribution in [2.24, 2.45) is 0 Å². The summed E-state index contributed by atoms with van der Waals surface area (Å²) in [5.41, 5.74) is 1.59. The molecule has 0 aromatic carbocycles. The van der Waals surface area contributed by atoms with E-state index in [0.29, 0.717) is 5.65 Å². The number of imidazole rings is 1. The Bertz CT molecular complexity index is 461. The number of aromatic nitrogens is 4. The van der Waals surface area contributed by atoms with Crippen LogP contribution in [0.4, 0.5) is 0 Å². The zero-order chi connectivity index (χ0) is 10.1. The number of H-pyrrole nitrogens is 1. The second kappa shape index (κ2) is 3.58. The van der Waals surface area contributed by atoms with Crippen molar-refractivity contribution in [3.8, 4) is 0 Å². The summed E-state index contributed by atoms with van der Waals surface area (Å²) in [7, 11) is 0. The Labute approximate surface area is 86.9 Å². The lowest BCUT2D eigenvalue weighted by Gasteiger charge is -2.20. The lowest BCUT2D eigenvalue weighted by molar-refractivity contribution is 0.00963. The number of aromatic amines is 1. The van der Waals surface area contributed by atoms with E-state index < -0.39 is 0 Å². The molecule has 1 saturated heterocycles. The molecule has 1 fully saturated rings. The quantitative estimate of drug-likeness (QED) is 0.766. The third-order valence-electron chi connectivity index (χ3n) is 2.66. The maximum Gasteiger partial charge on any atom is 0.180 e. The number of nitrogens with zero attached hydrogens (tertiary/aromatic N) is 3. The van der Waals surface area contributed by atoms with Gasteiger partial charge in [0.1, 0.15) is 11.6 Å². The SMILES string of the molecule is c1nc2nc(C3CCCCO3)ncc2[nH]1. The Kier molecular flexibility index (Phi) is 2.10. The minimum Gasteiger partial charge on any atom is -0.370 e. The first-order valence-electron chi connectivity index (χ1n) is 5.21. The largest absolute Gasteiger partial charge is 0.370 e. The number of rotatable bonds is 1. The van der Waals surface area contributed by atoms with Crippen molar-refractivity contribution in [1.29, 1.82) is 0 Å². The van der Waals surface area contributed by atoms with Crippen molar-refractivity contribution in [3.05, 3.63) is 18.3 Å². The van der Waals surface area contributed by atoms with Crippen molar-refractivity contribution in [2.45, 2.75) is 25.4 Å². The highest BCUT2D eigenvalue weighted by atomic mass is 16.5. The van der Waals surface area contributed by atoms with Gasteiger partial charge in [0.25, 0.3) is 0 Å². The minimum absolute atomic E-state index is 0.0554. The topological polar surface area (TPSA) is 63.7 Å². The van der Waals surface area contributed by atoms with Crippen LogP contribution < -0.4 is 0 Å². The van der Waals surface area contributed by atoms with E-state index in [0.717, 1.165) is 30.8 Å². The Morgan fingerprint density at radius 2 is 2.33 bits per heavy atom. The Hall–Kier alpha value is -1.49. The van der Waals surface area contributed by atoms with E-state index in [1.165, 1.54) is 6.42 Å². The van der Waals surface area contributed by atoms with Crippen LogP contribution in [-0.2, 0) is 4.74 Å². The number of nitrogens with one attached hydrogen (secondary N) is 1. The lowest BCUT2D eigenvalue weighted by Crippen LogP contribution is -2.14. The average molecular weight is 204 g/mol. The summed E-state index contributed by atoms with van der Waals surface area (Å²) in [5, 5.41) is 0. The van der Waals surface area contributed by atoms with E-state index in [9.17, 15) is 0 Å². The monoisotopic (exact) mass is 204 g/mol. The van der Waals surface area contributed by atoms with Gasteiger partial charge in [-0.1, -0.05) is 0 Å². The summed E-state index contributed by atoms with van der Waals surface area (Å²) >= 11 is 0. The molecule has 3 heterocycles. The number of fused-ring (bicyclic) bond motifs is 1. The van der Waals surface area contributed by atoms with Gasteiger partial charge in [-0.15, -0.1) is 0 Å². The molecule has 1 aliphatic rings. The minimum atomic E-state index is 0.0554. The Morgan fingerprint density at radius 3 is 3.20 bits per heavy atom. The fourth-order valence-electron chi connectivity index (χ4n) is 1.85. The van der Waals surface area contributed by atoms with Crippen LogP contribution in [-0.4, -0.2) is 26.5 Å². The zero-order valence-corrected chi connectivity index (χ0v) is 8.31. The summed E-state index contributed by atoms with van der Waals surface area (Å²) in [5.74, 6) is 0.759. The predicted molar refractivity (Wildman–Crippen MR) is 54.2 cm³/mol. The predicted octanol–water partition coefficient (Wildman–Crippen LogP) is 1.59. The summed E-state index contributed by atoms with van der Waals surface area (Å²) in [4.78, 5) is 15.8. The average Bonchev–Trinajstić information content (AvgIpc) is 2.77. The molecule has 1 atom stereocenters. The molecule has 3 rings (SSSR count). The van der Waals surface area contributed by atoms with Gasteiger partial charge in [-0.3, -0.25) is 0 Å². The Morgan fingerprint density at radius 1 is 1.33 bits per heavy atom. The maximum atomic E-state index is 5.63. The van der Waals surface area contributed by atoms with Crippen LogP contribution in [0.25, 0.3) is 11.2 Å². The molecule has 1 aliphatic heterocycles. The highest BCUT2D eigenvalue weighted by Crippen LogP contribution is 2.25. The van der Waals surface area contributed by atoms with Crippen molar-refractivity contribution in [3.63, 3.8) is 0 Å². The third-order valence-corrected chi connectivity index (χ3v) is 2.66. The molecular formula is C10H12N4O. The second-order valence-corrected chi connectivity index (χ2v) is 3.72. The molecule has 78 valence electrons. The molecule has 0 saturated carbocycles. The summed E-state index contributed by atoms with van der Waals surface area (Å²) < 4.78 is 5.63. The fraction of sp³-hybridized carbons (Fsp3) is 0.500. The van der Waals surface area contributed by atoms with E-state index in [2.05, 4.69) is 19.9 Å². The highest BCUT2D eigenvalue weighted by Gasteiger charge is 2.19. The number of hydrogen-bond acceptors (Lipinski definition) is 4. The van der Waals surface area contributed by atoms with Crippen LogP contribution in [0.1, 0.15) is 31.2 Å². The van der Waals surface area contributed by atoms with E-state index >= 15 is 0 Å². The molecule has 1 N–H and O–H groups in total. The van der Waals surface area contributed by atoms with Crippen molar-refractivity contribution >= 4 is 11.2 Å².